The molecular formula is C22H19N3OS. The van der Waals surface area contributed by atoms with Gasteiger partial charge in [-0.3, -0.25) is 9.20 Å². The minimum Gasteiger partial charge on any atom is -0.325 e. The van der Waals surface area contributed by atoms with Crippen LogP contribution in [0.4, 0.5) is 5.69 Å². The van der Waals surface area contributed by atoms with Crippen molar-refractivity contribution in [2.24, 2.45) is 0 Å². The second kappa shape index (κ2) is 6.35. The zero-order valence-corrected chi connectivity index (χ0v) is 15.6. The van der Waals surface area contributed by atoms with Gasteiger partial charge in [0.05, 0.1) is 11.1 Å². The number of anilines is 1. The minimum atomic E-state index is -0.381. The van der Waals surface area contributed by atoms with Gasteiger partial charge in [0.1, 0.15) is 0 Å². The molecule has 0 atom stereocenters. The van der Waals surface area contributed by atoms with Crippen LogP contribution in [0.5, 0.6) is 0 Å². The number of hydrogen-bond donors (Lipinski definition) is 1. The molecule has 0 spiro atoms. The third-order valence-corrected chi connectivity index (χ3v) is 6.27. The van der Waals surface area contributed by atoms with Crippen molar-refractivity contribution in [1.82, 2.24) is 9.38 Å². The predicted molar refractivity (Wildman–Crippen MR) is 109 cm³/mol. The zero-order valence-electron chi connectivity index (χ0n) is 14.8. The number of thiazole rings is 1. The normalized spacial score (nSPS) is 15.4. The number of aromatic nitrogens is 2. The van der Waals surface area contributed by atoms with Crippen LogP contribution < -0.4 is 5.32 Å². The number of amides is 1. The number of nitrogens with zero attached hydrogens (tertiary/aromatic N) is 2. The molecule has 4 nitrogen and oxygen atoms in total. The van der Waals surface area contributed by atoms with Crippen LogP contribution in [0.25, 0.3) is 16.2 Å². The SMILES string of the molecule is O=C(Nc1ccc(-c2cn3ccsc3n2)cc1)C1(c2ccccc2)CCC1. The molecule has 134 valence electrons. The van der Waals surface area contributed by atoms with E-state index < -0.39 is 0 Å². The Morgan fingerprint density at radius 3 is 2.52 bits per heavy atom. The van der Waals surface area contributed by atoms with E-state index in [1.165, 1.54) is 0 Å². The van der Waals surface area contributed by atoms with Gasteiger partial charge in [0.25, 0.3) is 0 Å². The molecule has 2 aromatic heterocycles. The van der Waals surface area contributed by atoms with Crippen molar-refractivity contribution in [2.75, 3.05) is 5.32 Å². The lowest BCUT2D eigenvalue weighted by Gasteiger charge is -2.40. The van der Waals surface area contributed by atoms with Crippen LogP contribution in [0.3, 0.4) is 0 Å². The molecule has 0 unspecified atom stereocenters. The van der Waals surface area contributed by atoms with E-state index in [9.17, 15) is 4.79 Å². The fraction of sp³-hybridized carbons (Fsp3) is 0.182. The Morgan fingerprint density at radius 2 is 1.85 bits per heavy atom. The van der Waals surface area contributed by atoms with Gasteiger partial charge in [0, 0.05) is 29.0 Å². The Balaban J connectivity index is 1.36. The maximum absolute atomic E-state index is 13.0. The Bertz CT molecular complexity index is 1060. The Morgan fingerprint density at radius 1 is 1.07 bits per heavy atom. The standard InChI is InChI=1S/C22H19N3OS/c26-20(22(11-4-12-22)17-5-2-1-3-6-17)23-18-9-7-16(8-10-18)19-15-25-13-14-27-21(25)24-19/h1-3,5-10,13-15H,4,11-12H2,(H,23,26). The molecule has 1 saturated carbocycles. The van der Waals surface area contributed by atoms with Gasteiger partial charge in [-0.1, -0.05) is 48.9 Å². The van der Waals surface area contributed by atoms with Crippen LogP contribution in [-0.4, -0.2) is 15.3 Å². The van der Waals surface area contributed by atoms with Crippen molar-refractivity contribution in [3.63, 3.8) is 0 Å². The van der Waals surface area contributed by atoms with Gasteiger partial charge in [0.2, 0.25) is 5.91 Å². The third-order valence-electron chi connectivity index (χ3n) is 5.50. The molecular weight excluding hydrogens is 354 g/mol. The van der Waals surface area contributed by atoms with Crippen molar-refractivity contribution in [3.05, 3.63) is 77.9 Å². The summed E-state index contributed by atoms with van der Waals surface area (Å²) in [5, 5.41) is 5.14. The Kier molecular flexibility index (Phi) is 3.83. The third kappa shape index (κ3) is 2.75. The number of benzene rings is 2. The second-order valence-corrected chi connectivity index (χ2v) is 7.93. The molecule has 5 heteroatoms. The summed E-state index contributed by atoms with van der Waals surface area (Å²) < 4.78 is 2.02. The first kappa shape index (κ1) is 16.3. The molecule has 1 amide bonds. The fourth-order valence-corrected chi connectivity index (χ4v) is 4.48. The molecule has 1 N–H and O–H groups in total. The molecule has 0 saturated heterocycles. The Hall–Kier alpha value is -2.92. The van der Waals surface area contributed by atoms with Gasteiger partial charge < -0.3 is 5.32 Å². The summed E-state index contributed by atoms with van der Waals surface area (Å²) in [5.41, 5.74) is 3.55. The van der Waals surface area contributed by atoms with Gasteiger partial charge in [-0.2, -0.15) is 0 Å². The molecule has 1 fully saturated rings. The summed E-state index contributed by atoms with van der Waals surface area (Å²) in [6.07, 6.45) is 6.95. The molecule has 2 aromatic carbocycles. The van der Waals surface area contributed by atoms with Crippen LogP contribution in [0, 0.1) is 0 Å². The van der Waals surface area contributed by atoms with E-state index in [0.29, 0.717) is 0 Å². The predicted octanol–water partition coefficient (Wildman–Crippen LogP) is 5.12. The van der Waals surface area contributed by atoms with Gasteiger partial charge in [-0.15, -0.1) is 11.3 Å². The number of carbonyl (C=O) groups excluding carboxylic acids is 1. The first-order valence-corrected chi connectivity index (χ1v) is 10.0. The topological polar surface area (TPSA) is 46.4 Å². The van der Waals surface area contributed by atoms with E-state index in [0.717, 1.165) is 46.7 Å². The van der Waals surface area contributed by atoms with E-state index in [-0.39, 0.29) is 11.3 Å². The van der Waals surface area contributed by atoms with Crippen molar-refractivity contribution >= 4 is 27.9 Å². The number of hydrogen-bond acceptors (Lipinski definition) is 3. The lowest BCUT2D eigenvalue weighted by Crippen LogP contribution is -2.45. The number of rotatable bonds is 4. The molecule has 0 aliphatic heterocycles. The summed E-state index contributed by atoms with van der Waals surface area (Å²) in [6.45, 7) is 0. The Labute approximate surface area is 161 Å². The molecule has 5 rings (SSSR count). The van der Waals surface area contributed by atoms with Crippen molar-refractivity contribution < 1.29 is 4.79 Å². The van der Waals surface area contributed by atoms with E-state index in [4.69, 9.17) is 0 Å². The van der Waals surface area contributed by atoms with E-state index >= 15 is 0 Å². The number of fused-ring (bicyclic) bond motifs is 1. The molecule has 1 aliphatic rings. The lowest BCUT2D eigenvalue weighted by atomic mass is 9.64. The fourth-order valence-electron chi connectivity index (χ4n) is 3.78. The second-order valence-electron chi connectivity index (χ2n) is 7.05. The highest BCUT2D eigenvalue weighted by Gasteiger charge is 2.45. The van der Waals surface area contributed by atoms with Crippen LogP contribution in [0.1, 0.15) is 24.8 Å². The molecule has 0 radical (unpaired) electrons. The molecule has 1 aliphatic carbocycles. The van der Waals surface area contributed by atoms with Gasteiger partial charge in [-0.25, -0.2) is 4.98 Å². The highest BCUT2D eigenvalue weighted by molar-refractivity contribution is 7.15. The smallest absolute Gasteiger partial charge is 0.235 e. The molecule has 2 heterocycles. The van der Waals surface area contributed by atoms with Crippen molar-refractivity contribution in [2.45, 2.75) is 24.7 Å². The lowest BCUT2D eigenvalue weighted by molar-refractivity contribution is -0.124. The summed E-state index contributed by atoms with van der Waals surface area (Å²) >= 11 is 1.62. The summed E-state index contributed by atoms with van der Waals surface area (Å²) in [4.78, 5) is 18.6. The van der Waals surface area contributed by atoms with Gasteiger partial charge in [0.15, 0.2) is 4.96 Å². The number of nitrogens with one attached hydrogen (secondary N) is 1. The largest absolute Gasteiger partial charge is 0.325 e. The minimum absolute atomic E-state index is 0.0928. The quantitative estimate of drug-likeness (QED) is 0.539. The molecule has 0 bridgehead atoms. The van der Waals surface area contributed by atoms with Crippen LogP contribution in [-0.2, 0) is 10.2 Å². The zero-order chi connectivity index (χ0) is 18.3. The maximum Gasteiger partial charge on any atom is 0.235 e. The van der Waals surface area contributed by atoms with Gasteiger partial charge in [-0.05, 0) is 30.5 Å². The van der Waals surface area contributed by atoms with E-state index in [1.54, 1.807) is 11.3 Å². The highest BCUT2D eigenvalue weighted by Crippen LogP contribution is 2.44. The van der Waals surface area contributed by atoms with Crippen LogP contribution >= 0.6 is 11.3 Å². The first-order valence-electron chi connectivity index (χ1n) is 9.14. The maximum atomic E-state index is 13.0. The van der Waals surface area contributed by atoms with Crippen molar-refractivity contribution in [3.8, 4) is 11.3 Å². The first-order chi connectivity index (χ1) is 13.2. The molecule has 4 aromatic rings. The van der Waals surface area contributed by atoms with Gasteiger partial charge >= 0.3 is 0 Å². The monoisotopic (exact) mass is 373 g/mol. The highest BCUT2D eigenvalue weighted by atomic mass is 32.1. The van der Waals surface area contributed by atoms with E-state index in [1.807, 2.05) is 64.6 Å². The number of carbonyl (C=O) groups is 1. The summed E-state index contributed by atoms with van der Waals surface area (Å²) in [7, 11) is 0. The van der Waals surface area contributed by atoms with E-state index in [2.05, 4.69) is 22.4 Å². The number of imidazole rings is 1. The average Bonchev–Trinajstić information content (AvgIpc) is 3.24. The summed E-state index contributed by atoms with van der Waals surface area (Å²) in [5.74, 6) is 0.0928. The average molecular weight is 373 g/mol. The van der Waals surface area contributed by atoms with Crippen LogP contribution in [0.2, 0.25) is 0 Å². The summed E-state index contributed by atoms with van der Waals surface area (Å²) in [6, 6.07) is 18.1. The van der Waals surface area contributed by atoms with Crippen LogP contribution in [0.15, 0.2) is 72.4 Å². The molecule has 27 heavy (non-hydrogen) atoms. The van der Waals surface area contributed by atoms with Crippen molar-refractivity contribution in [1.29, 1.82) is 0 Å².